The summed E-state index contributed by atoms with van der Waals surface area (Å²) in [5.74, 6) is 0.187. The van der Waals surface area contributed by atoms with Gasteiger partial charge in [0.05, 0.1) is 4.88 Å². The molecule has 2 aromatic rings. The maximum absolute atomic E-state index is 11.8. The highest BCUT2D eigenvalue weighted by molar-refractivity contribution is 7.17. The first-order valence-electron chi connectivity index (χ1n) is 5.70. The largest absolute Gasteiger partial charge is 0.293 e. The summed E-state index contributed by atoms with van der Waals surface area (Å²) in [5.41, 5.74) is 0.879. The van der Waals surface area contributed by atoms with Gasteiger partial charge in [-0.25, -0.2) is 0 Å². The van der Waals surface area contributed by atoms with Crippen molar-refractivity contribution in [2.24, 2.45) is 0 Å². The van der Waals surface area contributed by atoms with Crippen LogP contribution in [0.3, 0.4) is 0 Å². The van der Waals surface area contributed by atoms with Gasteiger partial charge in [0, 0.05) is 26.9 Å². The van der Waals surface area contributed by atoms with E-state index in [9.17, 15) is 4.79 Å². The molecule has 94 valence electrons. The van der Waals surface area contributed by atoms with Crippen molar-refractivity contribution < 1.29 is 4.79 Å². The van der Waals surface area contributed by atoms with Crippen molar-refractivity contribution in [2.45, 2.75) is 19.8 Å². The van der Waals surface area contributed by atoms with Crippen molar-refractivity contribution in [3.05, 3.63) is 45.3 Å². The Balaban J connectivity index is 2.35. The Labute approximate surface area is 120 Å². The third-order valence-electron chi connectivity index (χ3n) is 2.55. The number of benzene rings is 1. The molecule has 4 heteroatoms. The fourth-order valence-corrected chi connectivity index (χ4v) is 3.12. The Morgan fingerprint density at radius 2 is 2.00 bits per heavy atom. The molecule has 18 heavy (non-hydrogen) atoms. The number of hydrogen-bond donors (Lipinski definition) is 0. The first-order valence-corrected chi connectivity index (χ1v) is 7.27. The molecule has 0 saturated heterocycles. The molecule has 1 aromatic carbocycles. The monoisotopic (exact) mass is 298 g/mol. The van der Waals surface area contributed by atoms with Gasteiger partial charge in [0.1, 0.15) is 0 Å². The Morgan fingerprint density at radius 1 is 1.22 bits per heavy atom. The van der Waals surface area contributed by atoms with E-state index in [4.69, 9.17) is 23.2 Å². The molecule has 0 aliphatic rings. The van der Waals surface area contributed by atoms with Gasteiger partial charge < -0.3 is 0 Å². The van der Waals surface area contributed by atoms with Crippen molar-refractivity contribution in [3.8, 4) is 10.4 Å². The van der Waals surface area contributed by atoms with E-state index in [-0.39, 0.29) is 5.78 Å². The molecule has 0 aliphatic carbocycles. The summed E-state index contributed by atoms with van der Waals surface area (Å²) in [6, 6.07) is 9.13. The zero-order valence-corrected chi connectivity index (χ0v) is 12.2. The van der Waals surface area contributed by atoms with Crippen molar-refractivity contribution in [1.29, 1.82) is 0 Å². The molecule has 1 aromatic heterocycles. The predicted octanol–water partition coefficient (Wildman–Crippen LogP) is 5.70. The van der Waals surface area contributed by atoms with E-state index >= 15 is 0 Å². The second-order valence-electron chi connectivity index (χ2n) is 3.96. The standard InChI is InChI=1S/C14H12Cl2OS/c1-2-3-12(17)14-7-6-13(18-14)10-8-9(15)4-5-11(10)16/h4-8H,2-3H2,1H3. The van der Waals surface area contributed by atoms with Crippen LogP contribution in [-0.4, -0.2) is 5.78 Å². The number of rotatable bonds is 4. The van der Waals surface area contributed by atoms with Crippen molar-refractivity contribution in [1.82, 2.24) is 0 Å². The number of carbonyl (C=O) groups excluding carboxylic acids is 1. The summed E-state index contributed by atoms with van der Waals surface area (Å²) in [6.07, 6.45) is 1.45. The molecule has 1 heterocycles. The molecule has 1 nitrogen and oxygen atoms in total. The number of carbonyl (C=O) groups is 1. The van der Waals surface area contributed by atoms with Crippen LogP contribution in [0.4, 0.5) is 0 Å². The van der Waals surface area contributed by atoms with Crippen LogP contribution in [0.25, 0.3) is 10.4 Å². The van der Waals surface area contributed by atoms with Crippen LogP contribution in [-0.2, 0) is 0 Å². The van der Waals surface area contributed by atoms with Crippen LogP contribution in [0.5, 0.6) is 0 Å². The van der Waals surface area contributed by atoms with Gasteiger partial charge in [0.15, 0.2) is 5.78 Å². The lowest BCUT2D eigenvalue weighted by atomic mass is 10.2. The summed E-state index contributed by atoms with van der Waals surface area (Å²) < 4.78 is 0. The summed E-state index contributed by atoms with van der Waals surface area (Å²) in [4.78, 5) is 13.5. The molecule has 0 unspecified atom stereocenters. The van der Waals surface area contributed by atoms with Gasteiger partial charge in [-0.15, -0.1) is 11.3 Å². The molecule has 0 radical (unpaired) electrons. The zero-order valence-electron chi connectivity index (χ0n) is 9.87. The predicted molar refractivity (Wildman–Crippen MR) is 79.0 cm³/mol. The minimum absolute atomic E-state index is 0.187. The van der Waals surface area contributed by atoms with E-state index in [1.54, 1.807) is 12.1 Å². The van der Waals surface area contributed by atoms with Crippen molar-refractivity contribution in [3.63, 3.8) is 0 Å². The van der Waals surface area contributed by atoms with Crippen molar-refractivity contribution >= 4 is 40.3 Å². The molecular weight excluding hydrogens is 287 g/mol. The quantitative estimate of drug-likeness (QED) is 0.661. The maximum Gasteiger partial charge on any atom is 0.172 e. The molecule has 0 spiro atoms. The van der Waals surface area contributed by atoms with Gasteiger partial charge in [-0.3, -0.25) is 4.79 Å². The molecule has 0 N–H and O–H groups in total. The van der Waals surface area contributed by atoms with Gasteiger partial charge in [-0.05, 0) is 36.8 Å². The minimum Gasteiger partial charge on any atom is -0.293 e. The summed E-state index contributed by atoms with van der Waals surface area (Å²) >= 11 is 13.6. The summed E-state index contributed by atoms with van der Waals surface area (Å²) in [5, 5.41) is 1.29. The van der Waals surface area contributed by atoms with Crippen LogP contribution >= 0.6 is 34.5 Å². The lowest BCUT2D eigenvalue weighted by Gasteiger charge is -2.01. The second-order valence-corrected chi connectivity index (χ2v) is 5.89. The Hall–Kier alpha value is -0.830. The van der Waals surface area contributed by atoms with Crippen LogP contribution < -0.4 is 0 Å². The second kappa shape index (κ2) is 5.87. The summed E-state index contributed by atoms with van der Waals surface area (Å²) in [7, 11) is 0. The average molecular weight is 299 g/mol. The molecule has 0 atom stereocenters. The highest BCUT2D eigenvalue weighted by Gasteiger charge is 2.11. The highest BCUT2D eigenvalue weighted by Crippen LogP contribution is 2.35. The molecule has 0 saturated carbocycles. The third kappa shape index (κ3) is 2.94. The smallest absolute Gasteiger partial charge is 0.172 e. The molecule has 0 bridgehead atoms. The molecule has 0 amide bonds. The normalized spacial score (nSPS) is 10.6. The van der Waals surface area contributed by atoms with E-state index < -0.39 is 0 Å². The zero-order chi connectivity index (χ0) is 13.1. The number of halogens is 2. The lowest BCUT2D eigenvalue weighted by molar-refractivity contribution is 0.0985. The SMILES string of the molecule is CCCC(=O)c1ccc(-c2cc(Cl)ccc2Cl)s1. The van der Waals surface area contributed by atoms with Gasteiger partial charge in [-0.2, -0.15) is 0 Å². The van der Waals surface area contributed by atoms with Crippen LogP contribution in [0.2, 0.25) is 10.0 Å². The highest BCUT2D eigenvalue weighted by atomic mass is 35.5. The lowest BCUT2D eigenvalue weighted by Crippen LogP contribution is -1.93. The first-order chi connectivity index (χ1) is 8.61. The fourth-order valence-electron chi connectivity index (χ4n) is 1.67. The Bertz CT molecular complexity index is 575. The number of ketones is 1. The minimum atomic E-state index is 0.187. The Morgan fingerprint density at radius 3 is 2.72 bits per heavy atom. The number of hydrogen-bond acceptors (Lipinski definition) is 2. The molecule has 2 rings (SSSR count). The number of Topliss-reactive ketones (excluding diaryl/α,β-unsaturated/α-hetero) is 1. The first kappa shape index (κ1) is 13.6. The Kier molecular flexibility index (Phi) is 4.44. The number of thiophene rings is 1. The van der Waals surface area contributed by atoms with Gasteiger partial charge >= 0.3 is 0 Å². The van der Waals surface area contributed by atoms with Gasteiger partial charge in [-0.1, -0.05) is 30.1 Å². The molecule has 0 aliphatic heterocycles. The van der Waals surface area contributed by atoms with Crippen LogP contribution in [0, 0.1) is 0 Å². The van der Waals surface area contributed by atoms with E-state index in [0.29, 0.717) is 16.5 Å². The van der Waals surface area contributed by atoms with Gasteiger partial charge in [0.2, 0.25) is 0 Å². The van der Waals surface area contributed by atoms with Gasteiger partial charge in [0.25, 0.3) is 0 Å². The van der Waals surface area contributed by atoms with E-state index in [2.05, 4.69) is 0 Å². The van der Waals surface area contributed by atoms with Crippen LogP contribution in [0.1, 0.15) is 29.4 Å². The van der Waals surface area contributed by atoms with E-state index in [1.165, 1.54) is 11.3 Å². The molecular formula is C14H12Cl2OS. The maximum atomic E-state index is 11.8. The summed E-state index contributed by atoms with van der Waals surface area (Å²) in [6.45, 7) is 2.00. The fraction of sp³-hybridized carbons (Fsp3) is 0.214. The molecule has 0 fully saturated rings. The average Bonchev–Trinajstić information content (AvgIpc) is 2.82. The van der Waals surface area contributed by atoms with E-state index in [1.807, 2.05) is 25.1 Å². The van der Waals surface area contributed by atoms with Crippen molar-refractivity contribution in [2.75, 3.05) is 0 Å². The third-order valence-corrected chi connectivity index (χ3v) is 4.28. The van der Waals surface area contributed by atoms with Crippen LogP contribution in [0.15, 0.2) is 30.3 Å². The topological polar surface area (TPSA) is 17.1 Å². The van der Waals surface area contributed by atoms with E-state index in [0.717, 1.165) is 21.7 Å².